The van der Waals surface area contributed by atoms with Crippen molar-refractivity contribution in [3.05, 3.63) is 39.9 Å². The summed E-state index contributed by atoms with van der Waals surface area (Å²) in [6.45, 7) is 1.31. The summed E-state index contributed by atoms with van der Waals surface area (Å²) in [5, 5.41) is 19.8. The molecular weight excluding hydrogens is 222 g/mol. The van der Waals surface area contributed by atoms with Crippen molar-refractivity contribution in [2.75, 3.05) is 7.11 Å². The smallest absolute Gasteiger partial charge is 0.246 e. The second kappa shape index (κ2) is 5.87. The Hall–Kier alpha value is -2.06. The van der Waals surface area contributed by atoms with Gasteiger partial charge in [0.15, 0.2) is 6.10 Å². The second-order valence-corrected chi connectivity index (χ2v) is 3.47. The Bertz CT molecular complexity index is 444. The third-order valence-electron chi connectivity index (χ3n) is 2.24. The van der Waals surface area contributed by atoms with Crippen molar-refractivity contribution >= 4 is 0 Å². The van der Waals surface area contributed by atoms with E-state index in [1.807, 2.05) is 0 Å². The summed E-state index contributed by atoms with van der Waals surface area (Å²) in [5.74, 6) is 5.82. The van der Waals surface area contributed by atoms with Gasteiger partial charge in [0.25, 0.3) is 0 Å². The van der Waals surface area contributed by atoms with Gasteiger partial charge in [-0.25, -0.2) is 0 Å². The van der Waals surface area contributed by atoms with Crippen LogP contribution in [0.2, 0.25) is 0 Å². The van der Waals surface area contributed by atoms with Crippen LogP contribution in [0.15, 0.2) is 24.3 Å². The van der Waals surface area contributed by atoms with Crippen molar-refractivity contribution < 1.29 is 14.8 Å². The standard InChI is InChI=1S/C12H13NO4/c1-9(13(15)16)12(14)8-5-10-3-6-11(17-2)7-4-10/h3-4,6-7,9,12,14H,1-2H3/t9-,12+/m1/s1. The van der Waals surface area contributed by atoms with Gasteiger partial charge in [-0.3, -0.25) is 10.1 Å². The molecule has 0 aliphatic rings. The van der Waals surface area contributed by atoms with Gasteiger partial charge in [0.05, 0.1) is 7.11 Å². The van der Waals surface area contributed by atoms with E-state index in [1.165, 1.54) is 6.92 Å². The first-order valence-corrected chi connectivity index (χ1v) is 5.01. The zero-order valence-corrected chi connectivity index (χ0v) is 9.58. The Labute approximate surface area is 99.2 Å². The molecule has 0 saturated heterocycles. The van der Waals surface area contributed by atoms with Gasteiger partial charge in [0.1, 0.15) is 5.75 Å². The van der Waals surface area contributed by atoms with E-state index in [9.17, 15) is 15.2 Å². The Kier molecular flexibility index (Phi) is 4.49. The van der Waals surface area contributed by atoms with Gasteiger partial charge in [0, 0.05) is 17.4 Å². The predicted molar refractivity (Wildman–Crippen MR) is 62.3 cm³/mol. The van der Waals surface area contributed by atoms with Gasteiger partial charge in [0.2, 0.25) is 6.04 Å². The van der Waals surface area contributed by atoms with Crippen molar-refractivity contribution in [2.45, 2.75) is 19.1 Å². The van der Waals surface area contributed by atoms with Gasteiger partial charge in [-0.2, -0.15) is 0 Å². The zero-order valence-electron chi connectivity index (χ0n) is 9.58. The van der Waals surface area contributed by atoms with Gasteiger partial charge in [-0.15, -0.1) is 0 Å². The molecule has 5 heteroatoms. The van der Waals surface area contributed by atoms with E-state index in [-0.39, 0.29) is 0 Å². The van der Waals surface area contributed by atoms with E-state index in [0.29, 0.717) is 11.3 Å². The van der Waals surface area contributed by atoms with Crippen molar-refractivity contribution in [1.82, 2.24) is 0 Å². The van der Waals surface area contributed by atoms with Crippen molar-refractivity contribution in [3.63, 3.8) is 0 Å². The SMILES string of the molecule is COc1ccc(C#C[C@H](O)[C@@H](C)[N+](=O)[O-])cc1. The van der Waals surface area contributed by atoms with Crippen molar-refractivity contribution in [3.8, 4) is 17.6 Å². The molecule has 1 rings (SSSR count). The van der Waals surface area contributed by atoms with Gasteiger partial charge in [-0.05, 0) is 24.3 Å². The second-order valence-electron chi connectivity index (χ2n) is 3.47. The summed E-state index contributed by atoms with van der Waals surface area (Å²) in [4.78, 5) is 9.83. The summed E-state index contributed by atoms with van der Waals surface area (Å²) >= 11 is 0. The number of hydrogen-bond donors (Lipinski definition) is 1. The molecule has 1 aromatic rings. The number of hydrogen-bond acceptors (Lipinski definition) is 4. The lowest BCUT2D eigenvalue weighted by atomic mass is 10.1. The minimum Gasteiger partial charge on any atom is -0.497 e. The van der Waals surface area contributed by atoms with Crippen LogP contribution < -0.4 is 4.74 Å². The highest BCUT2D eigenvalue weighted by Crippen LogP contribution is 2.10. The van der Waals surface area contributed by atoms with Gasteiger partial charge >= 0.3 is 0 Å². The molecule has 0 amide bonds. The summed E-state index contributed by atoms with van der Waals surface area (Å²) in [5.41, 5.74) is 0.667. The van der Waals surface area contributed by atoms with Gasteiger partial charge < -0.3 is 9.84 Å². The highest BCUT2D eigenvalue weighted by Gasteiger charge is 2.21. The molecule has 17 heavy (non-hydrogen) atoms. The fourth-order valence-corrected chi connectivity index (χ4v) is 1.07. The Balaban J connectivity index is 2.73. The number of aliphatic hydroxyl groups is 1. The summed E-state index contributed by atoms with van der Waals surface area (Å²) in [6.07, 6.45) is -1.27. The average Bonchev–Trinajstić information content (AvgIpc) is 2.35. The maximum absolute atomic E-state index is 10.4. The van der Waals surface area contributed by atoms with Crippen LogP contribution in [0.1, 0.15) is 12.5 Å². The van der Waals surface area contributed by atoms with Crippen LogP contribution in [0.3, 0.4) is 0 Å². The van der Waals surface area contributed by atoms with E-state index in [4.69, 9.17) is 4.74 Å². The van der Waals surface area contributed by atoms with E-state index in [1.54, 1.807) is 31.4 Å². The third-order valence-corrected chi connectivity index (χ3v) is 2.24. The minimum atomic E-state index is -1.27. The predicted octanol–water partition coefficient (Wildman–Crippen LogP) is 1.07. The Morgan fingerprint density at radius 2 is 2.00 bits per heavy atom. The monoisotopic (exact) mass is 235 g/mol. The highest BCUT2D eigenvalue weighted by molar-refractivity contribution is 5.38. The van der Waals surface area contributed by atoms with E-state index in [2.05, 4.69) is 11.8 Å². The molecule has 0 heterocycles. The van der Waals surface area contributed by atoms with E-state index < -0.39 is 17.1 Å². The third kappa shape index (κ3) is 3.78. The van der Waals surface area contributed by atoms with Crippen LogP contribution in [-0.4, -0.2) is 29.3 Å². The molecule has 90 valence electrons. The molecule has 0 unspecified atom stereocenters. The lowest BCUT2D eigenvalue weighted by Crippen LogP contribution is -2.29. The molecule has 0 aliphatic carbocycles. The fraction of sp³-hybridized carbons (Fsp3) is 0.333. The molecule has 0 radical (unpaired) electrons. The fourth-order valence-electron chi connectivity index (χ4n) is 1.07. The molecule has 0 bridgehead atoms. The maximum Gasteiger partial charge on any atom is 0.246 e. The van der Waals surface area contributed by atoms with E-state index >= 15 is 0 Å². The number of benzene rings is 1. The first-order chi connectivity index (χ1) is 8.04. The number of aliphatic hydroxyl groups excluding tert-OH is 1. The molecule has 0 aromatic heterocycles. The largest absolute Gasteiger partial charge is 0.497 e. The Morgan fingerprint density at radius 1 is 1.41 bits per heavy atom. The number of nitrogens with zero attached hydrogens (tertiary/aromatic N) is 1. The lowest BCUT2D eigenvalue weighted by Gasteiger charge is -2.04. The van der Waals surface area contributed by atoms with Crippen LogP contribution in [0.4, 0.5) is 0 Å². The van der Waals surface area contributed by atoms with Crippen LogP contribution in [0, 0.1) is 22.0 Å². The summed E-state index contributed by atoms with van der Waals surface area (Å²) in [7, 11) is 1.56. The van der Waals surface area contributed by atoms with Crippen LogP contribution in [0.25, 0.3) is 0 Å². The first kappa shape index (κ1) is 13.0. The molecule has 0 aliphatic heterocycles. The average molecular weight is 235 g/mol. The van der Waals surface area contributed by atoms with Crippen molar-refractivity contribution in [1.29, 1.82) is 0 Å². The molecule has 0 spiro atoms. The van der Waals surface area contributed by atoms with Crippen LogP contribution in [-0.2, 0) is 0 Å². The molecule has 5 nitrogen and oxygen atoms in total. The Morgan fingerprint density at radius 3 is 2.47 bits per heavy atom. The zero-order chi connectivity index (χ0) is 12.8. The highest BCUT2D eigenvalue weighted by atomic mass is 16.6. The number of methoxy groups -OCH3 is 1. The first-order valence-electron chi connectivity index (χ1n) is 5.01. The maximum atomic E-state index is 10.4. The molecule has 1 aromatic carbocycles. The number of nitro groups is 1. The molecule has 1 N–H and O–H groups in total. The van der Waals surface area contributed by atoms with Crippen LogP contribution >= 0.6 is 0 Å². The van der Waals surface area contributed by atoms with E-state index in [0.717, 1.165) is 0 Å². The lowest BCUT2D eigenvalue weighted by molar-refractivity contribution is -0.526. The summed E-state index contributed by atoms with van der Waals surface area (Å²) < 4.78 is 4.98. The number of rotatable bonds is 3. The van der Waals surface area contributed by atoms with Crippen molar-refractivity contribution in [2.24, 2.45) is 0 Å². The summed E-state index contributed by atoms with van der Waals surface area (Å²) in [6, 6.07) is 5.80. The quantitative estimate of drug-likeness (QED) is 0.483. The van der Waals surface area contributed by atoms with Crippen LogP contribution in [0.5, 0.6) is 5.75 Å². The normalized spacial score (nSPS) is 13.1. The van der Waals surface area contributed by atoms with Gasteiger partial charge in [-0.1, -0.05) is 11.8 Å². The molecule has 0 saturated carbocycles. The minimum absolute atomic E-state index is 0.562. The number of ether oxygens (including phenoxy) is 1. The molecular formula is C12H13NO4. The topological polar surface area (TPSA) is 72.6 Å². The molecule has 0 fully saturated rings. The molecule has 2 atom stereocenters.